The minimum atomic E-state index is -5.98. The molecule has 1 N–H and O–H groups in total. The van der Waals surface area contributed by atoms with Gasteiger partial charge in [-0.15, -0.1) is 0 Å². The van der Waals surface area contributed by atoms with Crippen LogP contribution in [0.3, 0.4) is 0 Å². The fraction of sp³-hybridized carbons (Fsp3) is 0.435. The summed E-state index contributed by atoms with van der Waals surface area (Å²) in [4.78, 5) is 14.5. The van der Waals surface area contributed by atoms with Crippen molar-refractivity contribution >= 4 is 11.6 Å². The Morgan fingerprint density at radius 2 is 1.68 bits per heavy atom. The molecule has 1 aliphatic heterocycles. The predicted octanol–water partition coefficient (Wildman–Crippen LogP) is 4.93. The first kappa shape index (κ1) is 25.7. The van der Waals surface area contributed by atoms with Crippen molar-refractivity contribution in [3.05, 3.63) is 53.1 Å². The summed E-state index contributed by atoms with van der Waals surface area (Å²) in [5.74, 6) is 0.348. The van der Waals surface area contributed by atoms with E-state index in [-0.39, 0.29) is 30.6 Å². The molecule has 3 rings (SSSR count). The second kappa shape index (κ2) is 9.36. The molecule has 5 nitrogen and oxygen atoms in total. The first-order valence-corrected chi connectivity index (χ1v) is 10.3. The Morgan fingerprint density at radius 1 is 1.00 bits per heavy atom. The molecule has 1 amide bonds. The number of carbonyl (C=O) groups is 1. The molecular weight excluding hydrogens is 468 g/mol. The molecule has 11 heteroatoms. The average Bonchev–Trinajstić information content (AvgIpc) is 2.98. The maximum atomic E-state index is 13.3. The van der Waals surface area contributed by atoms with Gasteiger partial charge in [-0.05, 0) is 37.0 Å². The van der Waals surface area contributed by atoms with E-state index in [1.54, 1.807) is 18.2 Å². The number of nitrogens with zero attached hydrogens (tertiary/aromatic N) is 1. The molecule has 2 aromatic carbocycles. The van der Waals surface area contributed by atoms with Gasteiger partial charge < -0.3 is 19.5 Å². The average molecular weight is 491 g/mol. The SMILES string of the molecule is COc1cccc(CC(=O)N2CCCCc3cc(C(O)(C(F)(F)F)C(F)(F)F)ccc32)c1OC. The molecule has 0 saturated heterocycles. The number of amides is 1. The molecule has 0 bridgehead atoms. The normalized spacial score (nSPS) is 14.9. The molecule has 1 aliphatic rings. The number of fused-ring (bicyclic) bond motifs is 1. The number of ether oxygens (including phenoxy) is 2. The highest BCUT2D eigenvalue weighted by Gasteiger charge is 2.71. The van der Waals surface area contributed by atoms with Crippen LogP contribution in [0.25, 0.3) is 0 Å². The van der Waals surface area contributed by atoms with Crippen LogP contribution in [0.2, 0.25) is 0 Å². The Balaban J connectivity index is 2.00. The van der Waals surface area contributed by atoms with E-state index in [9.17, 15) is 36.2 Å². The Kier molecular flexibility index (Phi) is 7.07. The molecule has 34 heavy (non-hydrogen) atoms. The monoisotopic (exact) mass is 491 g/mol. The van der Waals surface area contributed by atoms with Gasteiger partial charge in [-0.1, -0.05) is 24.3 Å². The molecule has 2 aromatic rings. The van der Waals surface area contributed by atoms with Gasteiger partial charge in [0.05, 0.1) is 20.6 Å². The van der Waals surface area contributed by atoms with Crippen molar-refractivity contribution in [1.82, 2.24) is 0 Å². The topological polar surface area (TPSA) is 59.0 Å². The predicted molar refractivity (Wildman–Crippen MR) is 111 cm³/mol. The number of para-hydroxylation sites is 1. The number of carbonyl (C=O) groups excluding carboxylic acids is 1. The van der Waals surface area contributed by atoms with E-state index in [2.05, 4.69) is 0 Å². The van der Waals surface area contributed by atoms with E-state index in [0.717, 1.165) is 6.07 Å². The molecule has 0 aliphatic carbocycles. The first-order chi connectivity index (χ1) is 15.8. The molecule has 1 heterocycles. The quantitative estimate of drug-likeness (QED) is 0.603. The highest BCUT2D eigenvalue weighted by atomic mass is 19.4. The van der Waals surface area contributed by atoms with Gasteiger partial charge in [-0.25, -0.2) is 0 Å². The number of rotatable bonds is 5. The van der Waals surface area contributed by atoms with Crippen molar-refractivity contribution in [2.45, 2.75) is 43.6 Å². The zero-order valence-corrected chi connectivity index (χ0v) is 18.4. The highest BCUT2D eigenvalue weighted by Crippen LogP contribution is 2.50. The minimum absolute atomic E-state index is 0.118. The zero-order valence-electron chi connectivity index (χ0n) is 18.4. The molecule has 0 aromatic heterocycles. The third kappa shape index (κ3) is 4.53. The summed E-state index contributed by atoms with van der Waals surface area (Å²) in [6, 6.07) is 7.26. The van der Waals surface area contributed by atoms with Crippen LogP contribution in [0.5, 0.6) is 11.5 Å². The lowest BCUT2D eigenvalue weighted by molar-refractivity contribution is -0.376. The third-order valence-corrected chi connectivity index (χ3v) is 5.81. The summed E-state index contributed by atoms with van der Waals surface area (Å²) >= 11 is 0. The first-order valence-electron chi connectivity index (χ1n) is 10.3. The highest BCUT2D eigenvalue weighted by molar-refractivity contribution is 5.96. The van der Waals surface area contributed by atoms with Crippen molar-refractivity contribution in [3.8, 4) is 11.5 Å². The fourth-order valence-corrected chi connectivity index (χ4v) is 4.08. The largest absolute Gasteiger partial charge is 0.493 e. The van der Waals surface area contributed by atoms with Crippen LogP contribution in [0.1, 0.15) is 29.5 Å². The minimum Gasteiger partial charge on any atom is -0.493 e. The number of anilines is 1. The Hall–Kier alpha value is -2.95. The summed E-state index contributed by atoms with van der Waals surface area (Å²) in [6.45, 7) is 0.236. The molecular formula is C23H23F6NO4. The molecule has 186 valence electrons. The maximum Gasteiger partial charge on any atom is 0.430 e. The van der Waals surface area contributed by atoms with Crippen molar-refractivity contribution in [1.29, 1.82) is 0 Å². The number of methoxy groups -OCH3 is 2. The standard InChI is InChI=1S/C23H23F6NO4/c1-33-18-8-5-7-15(20(18)34-2)13-19(31)30-11-4-3-6-14-12-16(9-10-17(14)30)21(32,22(24,25)26)23(27,28)29/h5,7-10,12,32H,3-4,6,11,13H2,1-2H3. The lowest BCUT2D eigenvalue weighted by Crippen LogP contribution is -2.54. The summed E-state index contributed by atoms with van der Waals surface area (Å²) in [6.07, 6.45) is -11.0. The number of benzene rings is 2. The van der Waals surface area contributed by atoms with E-state index in [0.29, 0.717) is 42.0 Å². The van der Waals surface area contributed by atoms with Crippen LogP contribution in [0.4, 0.5) is 32.0 Å². The van der Waals surface area contributed by atoms with E-state index in [4.69, 9.17) is 9.47 Å². The molecule has 0 saturated carbocycles. The van der Waals surface area contributed by atoms with E-state index < -0.39 is 29.4 Å². The Labute approximate surface area is 191 Å². The number of hydrogen-bond donors (Lipinski definition) is 1. The number of alkyl halides is 6. The van der Waals surface area contributed by atoms with E-state index in [1.807, 2.05) is 0 Å². The van der Waals surface area contributed by atoms with Gasteiger partial charge in [0.2, 0.25) is 5.91 Å². The Morgan fingerprint density at radius 3 is 2.26 bits per heavy atom. The van der Waals surface area contributed by atoms with Gasteiger partial charge in [-0.2, -0.15) is 26.3 Å². The van der Waals surface area contributed by atoms with E-state index in [1.165, 1.54) is 19.1 Å². The van der Waals surface area contributed by atoms with Crippen molar-refractivity contribution in [3.63, 3.8) is 0 Å². The number of hydrogen-bond acceptors (Lipinski definition) is 4. The van der Waals surface area contributed by atoms with Gasteiger partial charge in [0, 0.05) is 23.4 Å². The summed E-state index contributed by atoms with van der Waals surface area (Å²) in [5.41, 5.74) is -5.52. The van der Waals surface area contributed by atoms with Gasteiger partial charge in [-0.3, -0.25) is 4.79 Å². The molecule has 0 radical (unpaired) electrons. The summed E-state index contributed by atoms with van der Waals surface area (Å²) < 4.78 is 90.5. The van der Waals surface area contributed by atoms with Gasteiger partial charge in [0.1, 0.15) is 0 Å². The number of aliphatic hydroxyl groups is 1. The second-order valence-electron chi connectivity index (χ2n) is 7.88. The van der Waals surface area contributed by atoms with Crippen molar-refractivity contribution in [2.24, 2.45) is 0 Å². The molecule has 0 unspecified atom stereocenters. The summed E-state index contributed by atoms with van der Waals surface area (Å²) in [7, 11) is 2.85. The van der Waals surface area contributed by atoms with Gasteiger partial charge in [0.25, 0.3) is 5.60 Å². The van der Waals surface area contributed by atoms with E-state index >= 15 is 0 Å². The van der Waals surface area contributed by atoms with Crippen LogP contribution in [0, 0.1) is 0 Å². The lowest BCUT2D eigenvalue weighted by Gasteiger charge is -2.33. The molecule has 0 spiro atoms. The van der Waals surface area contributed by atoms with Gasteiger partial charge in [0.15, 0.2) is 11.5 Å². The van der Waals surface area contributed by atoms with Crippen LogP contribution >= 0.6 is 0 Å². The van der Waals surface area contributed by atoms with Crippen LogP contribution < -0.4 is 14.4 Å². The zero-order chi connectivity index (χ0) is 25.3. The second-order valence-corrected chi connectivity index (χ2v) is 7.88. The maximum absolute atomic E-state index is 13.3. The molecule has 0 fully saturated rings. The smallest absolute Gasteiger partial charge is 0.430 e. The van der Waals surface area contributed by atoms with Crippen LogP contribution in [-0.2, 0) is 23.2 Å². The molecule has 0 atom stereocenters. The van der Waals surface area contributed by atoms with Crippen LogP contribution in [0.15, 0.2) is 36.4 Å². The summed E-state index contributed by atoms with van der Waals surface area (Å²) in [5, 5.41) is 9.75. The number of halogens is 6. The van der Waals surface area contributed by atoms with Gasteiger partial charge >= 0.3 is 12.4 Å². The van der Waals surface area contributed by atoms with Crippen LogP contribution in [-0.4, -0.2) is 44.1 Å². The lowest BCUT2D eigenvalue weighted by atomic mass is 9.89. The number of aryl methyl sites for hydroxylation is 1. The van der Waals surface area contributed by atoms with Crippen molar-refractivity contribution < 1.29 is 45.7 Å². The Bertz CT molecular complexity index is 1040. The fourth-order valence-electron chi connectivity index (χ4n) is 4.08. The third-order valence-electron chi connectivity index (χ3n) is 5.81. The van der Waals surface area contributed by atoms with Crippen molar-refractivity contribution in [2.75, 3.05) is 25.7 Å².